The number of ether oxygens (including phenoxy) is 1. The van der Waals surface area contributed by atoms with E-state index in [-0.39, 0.29) is 17.3 Å². The lowest BCUT2D eigenvalue weighted by Crippen LogP contribution is -2.51. The Morgan fingerprint density at radius 1 is 0.974 bits per heavy atom. The Balaban J connectivity index is 1.98. The van der Waals surface area contributed by atoms with E-state index in [0.717, 1.165) is 10.7 Å². The highest BCUT2D eigenvalue weighted by atomic mass is 35.5. The van der Waals surface area contributed by atoms with E-state index < -0.39 is 28.5 Å². The zero-order valence-corrected chi connectivity index (χ0v) is 23.9. The number of anilines is 1. The molecule has 0 fully saturated rings. The van der Waals surface area contributed by atoms with Gasteiger partial charge in [0.1, 0.15) is 18.3 Å². The lowest BCUT2D eigenvalue weighted by Gasteiger charge is -2.32. The van der Waals surface area contributed by atoms with Crippen LogP contribution in [0.15, 0.2) is 83.8 Å². The van der Waals surface area contributed by atoms with Crippen molar-refractivity contribution in [3.05, 3.63) is 89.4 Å². The maximum absolute atomic E-state index is 13.8. The van der Waals surface area contributed by atoms with Crippen molar-refractivity contribution in [2.45, 2.75) is 44.7 Å². The van der Waals surface area contributed by atoms with E-state index in [1.807, 2.05) is 13.8 Å². The molecule has 10 heteroatoms. The van der Waals surface area contributed by atoms with Crippen molar-refractivity contribution < 1.29 is 22.7 Å². The van der Waals surface area contributed by atoms with E-state index in [1.165, 1.54) is 17.0 Å². The van der Waals surface area contributed by atoms with Gasteiger partial charge in [0.25, 0.3) is 10.0 Å². The Bertz CT molecular complexity index is 1350. The molecule has 0 radical (unpaired) electrons. The number of nitrogens with zero attached hydrogens (tertiary/aromatic N) is 2. The van der Waals surface area contributed by atoms with E-state index in [2.05, 4.69) is 5.32 Å². The summed E-state index contributed by atoms with van der Waals surface area (Å²) in [6, 6.07) is 20.6. The van der Waals surface area contributed by atoms with Crippen molar-refractivity contribution >= 4 is 39.1 Å². The number of carbonyl (C=O) groups is 2. The molecule has 208 valence electrons. The highest BCUT2D eigenvalue weighted by Gasteiger charge is 2.32. The predicted molar refractivity (Wildman–Crippen MR) is 153 cm³/mol. The summed E-state index contributed by atoms with van der Waals surface area (Å²) in [5.74, 6) is -0.321. The van der Waals surface area contributed by atoms with Gasteiger partial charge < -0.3 is 15.0 Å². The van der Waals surface area contributed by atoms with Gasteiger partial charge in [-0.1, -0.05) is 48.9 Å². The number of hydrogen-bond acceptors (Lipinski definition) is 5. The molecule has 0 aliphatic carbocycles. The maximum atomic E-state index is 13.8. The van der Waals surface area contributed by atoms with Gasteiger partial charge in [-0.05, 0) is 74.4 Å². The molecule has 1 unspecified atom stereocenters. The molecule has 3 aromatic carbocycles. The molecule has 0 saturated carbocycles. The molecule has 0 bridgehead atoms. The smallest absolute Gasteiger partial charge is 0.264 e. The molecule has 3 rings (SSSR count). The summed E-state index contributed by atoms with van der Waals surface area (Å²) in [6.07, 6.45) is 0.739. The topological polar surface area (TPSA) is 96.0 Å². The Hall–Kier alpha value is -3.56. The third kappa shape index (κ3) is 7.97. The minimum atomic E-state index is -4.15. The minimum absolute atomic E-state index is 0.0118. The second-order valence-electron chi connectivity index (χ2n) is 8.87. The first kappa shape index (κ1) is 30.0. The zero-order valence-electron chi connectivity index (χ0n) is 22.3. The Morgan fingerprint density at radius 2 is 1.67 bits per heavy atom. The van der Waals surface area contributed by atoms with Crippen LogP contribution in [0.2, 0.25) is 5.02 Å². The first-order valence-electron chi connectivity index (χ1n) is 12.8. The highest BCUT2D eigenvalue weighted by molar-refractivity contribution is 7.92. The van der Waals surface area contributed by atoms with Crippen molar-refractivity contribution in [1.29, 1.82) is 0 Å². The van der Waals surface area contributed by atoms with Crippen molar-refractivity contribution in [1.82, 2.24) is 10.2 Å². The van der Waals surface area contributed by atoms with Crippen LogP contribution >= 0.6 is 11.6 Å². The predicted octanol–water partition coefficient (Wildman–Crippen LogP) is 4.88. The lowest BCUT2D eigenvalue weighted by atomic mass is 10.1. The molecule has 0 aliphatic heterocycles. The number of sulfonamides is 1. The van der Waals surface area contributed by atoms with Crippen LogP contribution in [0.4, 0.5) is 5.69 Å². The molecule has 3 aromatic rings. The number of nitrogens with one attached hydrogen (secondary N) is 1. The van der Waals surface area contributed by atoms with Gasteiger partial charge in [-0.25, -0.2) is 8.42 Å². The molecule has 8 nitrogen and oxygen atoms in total. The van der Waals surface area contributed by atoms with Crippen molar-refractivity contribution in [2.24, 2.45) is 0 Å². The van der Waals surface area contributed by atoms with Crippen LogP contribution in [0.5, 0.6) is 5.75 Å². The monoisotopic (exact) mass is 571 g/mol. The highest BCUT2D eigenvalue weighted by Crippen LogP contribution is 2.26. The van der Waals surface area contributed by atoms with Crippen LogP contribution < -0.4 is 14.4 Å². The number of halogens is 1. The van der Waals surface area contributed by atoms with Crippen LogP contribution in [0.1, 0.15) is 32.8 Å². The average Bonchev–Trinajstić information content (AvgIpc) is 2.93. The van der Waals surface area contributed by atoms with Gasteiger partial charge in [0.15, 0.2) is 0 Å². The van der Waals surface area contributed by atoms with E-state index in [1.54, 1.807) is 73.7 Å². The summed E-state index contributed by atoms with van der Waals surface area (Å²) < 4.78 is 34.2. The summed E-state index contributed by atoms with van der Waals surface area (Å²) in [6.45, 7) is 5.88. The standard InChI is InChI=1S/C29H34ClN3O5S/c1-4-18-31-29(35)22(3)32(20-23-10-9-11-24(30)19-23)28(34)21-33(25-12-7-6-8-13-25)39(36,37)27-16-14-26(15-17-27)38-5-2/h6-17,19,22H,4-5,18,20-21H2,1-3H3,(H,31,35). The van der Waals surface area contributed by atoms with Gasteiger partial charge in [0.2, 0.25) is 11.8 Å². The molecule has 1 N–H and O–H groups in total. The number of amides is 2. The fourth-order valence-electron chi connectivity index (χ4n) is 3.94. The van der Waals surface area contributed by atoms with E-state index in [4.69, 9.17) is 16.3 Å². The fourth-order valence-corrected chi connectivity index (χ4v) is 5.56. The Labute approximate surface area is 235 Å². The van der Waals surface area contributed by atoms with Gasteiger partial charge in [-0.2, -0.15) is 0 Å². The van der Waals surface area contributed by atoms with E-state index in [0.29, 0.717) is 35.2 Å². The first-order chi connectivity index (χ1) is 18.7. The summed E-state index contributed by atoms with van der Waals surface area (Å²) >= 11 is 6.16. The summed E-state index contributed by atoms with van der Waals surface area (Å²) in [7, 11) is -4.15. The number of benzene rings is 3. The van der Waals surface area contributed by atoms with Gasteiger partial charge in [0.05, 0.1) is 17.2 Å². The van der Waals surface area contributed by atoms with Crippen LogP contribution in [0, 0.1) is 0 Å². The molecule has 2 amide bonds. The average molecular weight is 572 g/mol. The quantitative estimate of drug-likeness (QED) is 0.315. The normalized spacial score (nSPS) is 11.9. The van der Waals surface area contributed by atoms with Gasteiger partial charge in [-0.15, -0.1) is 0 Å². The number of carbonyl (C=O) groups excluding carboxylic acids is 2. The Kier molecular flexibility index (Phi) is 10.8. The third-order valence-electron chi connectivity index (χ3n) is 6.00. The third-order valence-corrected chi connectivity index (χ3v) is 8.03. The molecule has 0 spiro atoms. The van der Waals surface area contributed by atoms with E-state index in [9.17, 15) is 18.0 Å². The zero-order chi connectivity index (χ0) is 28.4. The fraction of sp³-hybridized carbons (Fsp3) is 0.310. The maximum Gasteiger partial charge on any atom is 0.264 e. The number of para-hydroxylation sites is 1. The van der Waals surface area contributed by atoms with Crippen LogP contribution in [-0.4, -0.2) is 50.9 Å². The van der Waals surface area contributed by atoms with Crippen LogP contribution in [-0.2, 0) is 26.2 Å². The summed E-state index contributed by atoms with van der Waals surface area (Å²) in [5, 5.41) is 3.31. The van der Waals surface area contributed by atoms with Gasteiger partial charge in [-0.3, -0.25) is 13.9 Å². The van der Waals surface area contributed by atoms with Crippen LogP contribution in [0.3, 0.4) is 0 Å². The second kappa shape index (κ2) is 14.0. The molecule has 0 aliphatic rings. The molecule has 0 aromatic heterocycles. The van der Waals surface area contributed by atoms with Gasteiger partial charge in [0, 0.05) is 18.1 Å². The number of rotatable bonds is 13. The molecule has 39 heavy (non-hydrogen) atoms. The minimum Gasteiger partial charge on any atom is -0.494 e. The summed E-state index contributed by atoms with van der Waals surface area (Å²) in [4.78, 5) is 28.1. The van der Waals surface area contributed by atoms with E-state index >= 15 is 0 Å². The Morgan fingerprint density at radius 3 is 2.28 bits per heavy atom. The second-order valence-corrected chi connectivity index (χ2v) is 11.2. The molecular formula is C29H34ClN3O5S. The largest absolute Gasteiger partial charge is 0.494 e. The molecule has 0 saturated heterocycles. The van der Waals surface area contributed by atoms with Crippen LogP contribution in [0.25, 0.3) is 0 Å². The van der Waals surface area contributed by atoms with Gasteiger partial charge >= 0.3 is 0 Å². The first-order valence-corrected chi connectivity index (χ1v) is 14.6. The van der Waals surface area contributed by atoms with Crippen molar-refractivity contribution in [3.63, 3.8) is 0 Å². The molecule has 0 heterocycles. The lowest BCUT2D eigenvalue weighted by molar-refractivity contribution is -0.139. The number of hydrogen-bond donors (Lipinski definition) is 1. The SMILES string of the molecule is CCCNC(=O)C(C)N(Cc1cccc(Cl)c1)C(=O)CN(c1ccccc1)S(=O)(=O)c1ccc(OCC)cc1. The molecule has 1 atom stereocenters. The van der Waals surface area contributed by atoms with Crippen molar-refractivity contribution in [3.8, 4) is 5.75 Å². The summed E-state index contributed by atoms with van der Waals surface area (Å²) in [5.41, 5.74) is 1.04. The molecular weight excluding hydrogens is 538 g/mol. The van der Waals surface area contributed by atoms with Crippen molar-refractivity contribution in [2.75, 3.05) is 24.0 Å².